The van der Waals surface area contributed by atoms with Crippen LogP contribution < -0.4 is 15.5 Å². The number of benzene rings is 1. The topological polar surface area (TPSA) is 70.7 Å². The van der Waals surface area contributed by atoms with Crippen LogP contribution in [0.3, 0.4) is 0 Å². The number of rotatable bonds is 3. The number of halogens is 1. The van der Waals surface area contributed by atoms with Crippen molar-refractivity contribution in [2.24, 2.45) is 0 Å². The van der Waals surface area contributed by atoms with E-state index in [2.05, 4.69) is 10.6 Å². The van der Waals surface area contributed by atoms with Gasteiger partial charge in [0.05, 0.1) is 13.2 Å². The van der Waals surface area contributed by atoms with Crippen LogP contribution in [0.5, 0.6) is 0 Å². The molecule has 7 heteroatoms. The van der Waals surface area contributed by atoms with Crippen molar-refractivity contribution in [3.05, 3.63) is 29.8 Å². The second-order valence-electron chi connectivity index (χ2n) is 5.21. The van der Waals surface area contributed by atoms with Gasteiger partial charge in [-0.1, -0.05) is 18.2 Å². The summed E-state index contributed by atoms with van der Waals surface area (Å²) < 4.78 is 5.35. The molecular weight excluding hydrogens is 306 g/mol. The van der Waals surface area contributed by atoms with Crippen LogP contribution in [0.4, 0.5) is 5.69 Å². The summed E-state index contributed by atoms with van der Waals surface area (Å²) >= 11 is 0. The number of ether oxygens (including phenoxy) is 1. The summed E-state index contributed by atoms with van der Waals surface area (Å²) in [5.74, 6) is -0.319. The fourth-order valence-corrected chi connectivity index (χ4v) is 2.70. The van der Waals surface area contributed by atoms with Crippen LogP contribution in [0.25, 0.3) is 0 Å². The molecule has 1 atom stereocenters. The quantitative estimate of drug-likeness (QED) is 0.827. The second-order valence-corrected chi connectivity index (χ2v) is 5.21. The highest BCUT2D eigenvalue weighted by atomic mass is 35.5. The number of hydrogen-bond acceptors (Lipinski definition) is 4. The number of fused-ring (bicyclic) bond motifs is 1. The van der Waals surface area contributed by atoms with E-state index >= 15 is 0 Å². The zero-order chi connectivity index (χ0) is 14.7. The number of carbonyl (C=O) groups is 2. The van der Waals surface area contributed by atoms with Crippen LogP contribution >= 0.6 is 12.4 Å². The van der Waals surface area contributed by atoms with Crippen LogP contribution in [0, 0.1) is 0 Å². The predicted molar refractivity (Wildman–Crippen MR) is 85.4 cm³/mol. The summed E-state index contributed by atoms with van der Waals surface area (Å²) in [5, 5.41) is 5.76. The van der Waals surface area contributed by atoms with Crippen molar-refractivity contribution < 1.29 is 14.3 Å². The van der Waals surface area contributed by atoms with E-state index in [1.54, 1.807) is 4.90 Å². The Balaban J connectivity index is 0.00000176. The average molecular weight is 326 g/mol. The minimum absolute atomic E-state index is 0. The Morgan fingerprint density at radius 1 is 1.36 bits per heavy atom. The molecular formula is C15H20ClN3O3. The van der Waals surface area contributed by atoms with Crippen LogP contribution in [-0.2, 0) is 20.7 Å². The molecule has 2 aliphatic rings. The molecule has 2 amide bonds. The maximum atomic E-state index is 12.3. The molecule has 2 aliphatic heterocycles. The maximum absolute atomic E-state index is 12.3. The van der Waals surface area contributed by atoms with Crippen molar-refractivity contribution in [3.63, 3.8) is 0 Å². The average Bonchev–Trinajstić information content (AvgIpc) is 2.97. The Hall–Kier alpha value is -1.63. The summed E-state index contributed by atoms with van der Waals surface area (Å²) in [5.41, 5.74) is 2.13. The zero-order valence-corrected chi connectivity index (χ0v) is 13.0. The van der Waals surface area contributed by atoms with Gasteiger partial charge in [0, 0.05) is 25.3 Å². The molecule has 1 unspecified atom stereocenters. The van der Waals surface area contributed by atoms with Crippen LogP contribution in [0.2, 0.25) is 0 Å². The third kappa shape index (κ3) is 3.58. The van der Waals surface area contributed by atoms with Gasteiger partial charge in [0.15, 0.2) is 0 Å². The Morgan fingerprint density at radius 3 is 2.95 bits per heavy atom. The van der Waals surface area contributed by atoms with E-state index < -0.39 is 6.10 Å². The van der Waals surface area contributed by atoms with Gasteiger partial charge in [-0.25, -0.2) is 0 Å². The number of nitrogens with zero attached hydrogens (tertiary/aromatic N) is 1. The first-order valence-corrected chi connectivity index (χ1v) is 7.24. The molecule has 1 fully saturated rings. The molecule has 0 spiro atoms. The normalized spacial score (nSPS) is 20.0. The molecule has 2 N–H and O–H groups in total. The SMILES string of the molecule is Cl.O=C(NCC(=O)N1CCc2ccccc21)C1CNCCO1. The molecule has 3 rings (SSSR count). The monoisotopic (exact) mass is 325 g/mol. The molecule has 0 bridgehead atoms. The van der Waals surface area contributed by atoms with E-state index in [1.165, 1.54) is 5.56 Å². The van der Waals surface area contributed by atoms with Gasteiger partial charge in [0.25, 0.3) is 5.91 Å². The van der Waals surface area contributed by atoms with Crippen LogP contribution in [-0.4, -0.2) is 50.7 Å². The van der Waals surface area contributed by atoms with Gasteiger partial charge >= 0.3 is 0 Å². The largest absolute Gasteiger partial charge is 0.366 e. The molecule has 2 heterocycles. The third-order valence-corrected chi connectivity index (χ3v) is 3.82. The van der Waals surface area contributed by atoms with Crippen molar-refractivity contribution in [1.82, 2.24) is 10.6 Å². The second kappa shape index (κ2) is 7.58. The minimum atomic E-state index is -0.502. The van der Waals surface area contributed by atoms with E-state index in [1.807, 2.05) is 24.3 Å². The van der Waals surface area contributed by atoms with Gasteiger partial charge in [0.1, 0.15) is 6.10 Å². The standard InChI is InChI=1S/C15H19N3O3.ClH/c19-14(10-17-15(20)13-9-16-6-8-21-13)18-7-5-11-3-1-2-4-12(11)18;/h1-4,13,16H,5-10H2,(H,17,20);1H. The van der Waals surface area contributed by atoms with E-state index in [0.717, 1.165) is 18.7 Å². The van der Waals surface area contributed by atoms with Gasteiger partial charge in [-0.15, -0.1) is 12.4 Å². The summed E-state index contributed by atoms with van der Waals surface area (Å²) in [6.07, 6.45) is 0.364. The summed E-state index contributed by atoms with van der Waals surface area (Å²) in [6, 6.07) is 7.87. The van der Waals surface area contributed by atoms with Crippen molar-refractivity contribution >= 4 is 29.9 Å². The Bertz CT molecular complexity index is 547. The Kier molecular flexibility index (Phi) is 5.76. The zero-order valence-electron chi connectivity index (χ0n) is 12.2. The smallest absolute Gasteiger partial charge is 0.250 e. The Labute approximate surface area is 135 Å². The van der Waals surface area contributed by atoms with Gasteiger partial charge in [-0.2, -0.15) is 0 Å². The van der Waals surface area contributed by atoms with Gasteiger partial charge in [-0.3, -0.25) is 9.59 Å². The van der Waals surface area contributed by atoms with E-state index in [0.29, 0.717) is 19.7 Å². The number of anilines is 1. The first kappa shape index (κ1) is 16.7. The molecule has 1 aromatic carbocycles. The highest BCUT2D eigenvalue weighted by Crippen LogP contribution is 2.27. The minimum Gasteiger partial charge on any atom is -0.366 e. The van der Waals surface area contributed by atoms with Gasteiger partial charge < -0.3 is 20.3 Å². The lowest BCUT2D eigenvalue weighted by Crippen LogP contribution is -2.50. The summed E-state index contributed by atoms with van der Waals surface area (Å²) in [6.45, 7) is 2.45. The predicted octanol–water partition coefficient (Wildman–Crippen LogP) is 0.102. The van der Waals surface area contributed by atoms with Crippen molar-refractivity contribution in [1.29, 1.82) is 0 Å². The van der Waals surface area contributed by atoms with Gasteiger partial charge in [0.2, 0.25) is 5.91 Å². The molecule has 0 radical (unpaired) electrons. The first-order valence-electron chi connectivity index (χ1n) is 7.24. The van der Waals surface area contributed by atoms with E-state index in [9.17, 15) is 9.59 Å². The highest BCUT2D eigenvalue weighted by molar-refractivity contribution is 5.98. The van der Waals surface area contributed by atoms with E-state index in [4.69, 9.17) is 4.74 Å². The van der Waals surface area contributed by atoms with E-state index in [-0.39, 0.29) is 30.8 Å². The van der Waals surface area contributed by atoms with Crippen LogP contribution in [0.15, 0.2) is 24.3 Å². The Morgan fingerprint density at radius 2 is 2.18 bits per heavy atom. The third-order valence-electron chi connectivity index (χ3n) is 3.82. The lowest BCUT2D eigenvalue weighted by Gasteiger charge is -2.23. The summed E-state index contributed by atoms with van der Waals surface area (Å²) in [7, 11) is 0. The molecule has 6 nitrogen and oxygen atoms in total. The molecule has 22 heavy (non-hydrogen) atoms. The molecule has 1 saturated heterocycles. The number of carbonyl (C=O) groups excluding carboxylic acids is 2. The molecule has 120 valence electrons. The maximum Gasteiger partial charge on any atom is 0.250 e. The highest BCUT2D eigenvalue weighted by Gasteiger charge is 2.26. The molecule has 1 aromatic rings. The van der Waals surface area contributed by atoms with Crippen molar-refractivity contribution in [3.8, 4) is 0 Å². The number of nitrogens with one attached hydrogen (secondary N) is 2. The first-order chi connectivity index (χ1) is 10.3. The molecule has 0 aliphatic carbocycles. The number of hydrogen-bond donors (Lipinski definition) is 2. The number of amides is 2. The van der Waals surface area contributed by atoms with Gasteiger partial charge in [-0.05, 0) is 18.1 Å². The lowest BCUT2D eigenvalue weighted by atomic mass is 10.2. The van der Waals surface area contributed by atoms with Crippen LogP contribution in [0.1, 0.15) is 5.56 Å². The fraction of sp³-hybridized carbons (Fsp3) is 0.467. The number of para-hydroxylation sites is 1. The summed E-state index contributed by atoms with van der Waals surface area (Å²) in [4.78, 5) is 25.9. The van der Waals surface area contributed by atoms with Crippen molar-refractivity contribution in [2.75, 3.05) is 37.7 Å². The molecule has 0 aromatic heterocycles. The number of morpholine rings is 1. The fourth-order valence-electron chi connectivity index (χ4n) is 2.70. The van der Waals surface area contributed by atoms with Crippen molar-refractivity contribution in [2.45, 2.75) is 12.5 Å². The molecule has 0 saturated carbocycles. The lowest BCUT2D eigenvalue weighted by molar-refractivity contribution is -0.135.